The van der Waals surface area contributed by atoms with E-state index in [1.165, 1.54) is 33.6 Å². The number of nitrogens with zero attached hydrogens (tertiary/aromatic N) is 2. The Morgan fingerprint density at radius 3 is 2.29 bits per heavy atom. The van der Waals surface area contributed by atoms with Gasteiger partial charge in [-0.2, -0.15) is 0 Å². The van der Waals surface area contributed by atoms with Gasteiger partial charge >= 0.3 is 191 Å². The Morgan fingerprint density at radius 2 is 1.59 bits per heavy atom. The quantitative estimate of drug-likeness (QED) is 0.271. The SMILES string of the molecule is CC1(C)c2ccccc2N2c3sc(/C=C4/C(=O)N=C([Se])NC4=O)cc3C(C)(C)c3cccc1c32. The normalized spacial score (nSPS) is 20.3. The Kier molecular flexibility index (Phi) is 4.44. The van der Waals surface area contributed by atoms with Crippen molar-refractivity contribution >= 4 is 66.3 Å². The average Bonchev–Trinajstić information content (AvgIpc) is 3.21. The molecule has 0 spiro atoms. The summed E-state index contributed by atoms with van der Waals surface area (Å²) in [4.78, 5) is 32.0. The minimum atomic E-state index is -0.529. The van der Waals surface area contributed by atoms with Crippen LogP contribution in [0.4, 0.5) is 16.4 Å². The first-order valence-corrected chi connectivity index (χ1v) is 12.8. The van der Waals surface area contributed by atoms with Gasteiger partial charge in [-0.05, 0) is 0 Å². The number of hydrogen-bond acceptors (Lipinski definition) is 4. The molecule has 2 aromatic carbocycles. The van der Waals surface area contributed by atoms with Crippen LogP contribution in [0, 0.1) is 0 Å². The van der Waals surface area contributed by atoms with Gasteiger partial charge in [0.25, 0.3) is 0 Å². The van der Waals surface area contributed by atoms with Crippen molar-refractivity contribution in [3.63, 3.8) is 0 Å². The van der Waals surface area contributed by atoms with E-state index in [9.17, 15) is 9.59 Å². The molecule has 1 radical (unpaired) electrons. The summed E-state index contributed by atoms with van der Waals surface area (Å²) in [5.74, 6) is -0.964. The molecule has 5 nitrogen and oxygen atoms in total. The van der Waals surface area contributed by atoms with Gasteiger partial charge in [-0.25, -0.2) is 0 Å². The Morgan fingerprint density at radius 1 is 0.941 bits per heavy atom. The molecular formula is C27H22N3O2SSe. The van der Waals surface area contributed by atoms with Gasteiger partial charge in [-0.1, -0.05) is 19.9 Å². The van der Waals surface area contributed by atoms with Crippen molar-refractivity contribution in [2.24, 2.45) is 4.99 Å². The number of carbonyl (C=O) groups excluding carboxylic acids is 2. The fraction of sp³-hybridized carbons (Fsp3) is 0.222. The molecule has 0 bridgehead atoms. The van der Waals surface area contributed by atoms with Crippen molar-refractivity contribution < 1.29 is 9.59 Å². The van der Waals surface area contributed by atoms with Crippen LogP contribution in [0.3, 0.4) is 0 Å². The third-order valence-corrected chi connectivity index (χ3v) is 8.69. The standard InChI is InChI=1S/C27H22N3O2SSe/c1-26(2)16-8-5-6-11-20(16)30-21-17(26)9-7-10-18(21)27(3,4)19-13-14(33-24(19)30)12-15-22(31)28-25(34)29-23(15)32/h5-13H,1-4H3,(H,28,29,31,32). The number of para-hydroxylation sites is 2. The van der Waals surface area contributed by atoms with E-state index in [2.05, 4.69) is 107 Å². The number of carbonyl (C=O) groups is 2. The van der Waals surface area contributed by atoms with Crippen LogP contribution >= 0.6 is 11.3 Å². The molecule has 169 valence electrons. The van der Waals surface area contributed by atoms with E-state index < -0.39 is 11.8 Å². The summed E-state index contributed by atoms with van der Waals surface area (Å²) < 4.78 is 0.203. The van der Waals surface area contributed by atoms with Gasteiger partial charge in [-0.3, -0.25) is 0 Å². The Labute approximate surface area is 210 Å². The number of amides is 2. The minimum absolute atomic E-state index is 0.0498. The van der Waals surface area contributed by atoms with Crippen LogP contribution in [-0.2, 0) is 20.4 Å². The van der Waals surface area contributed by atoms with Crippen LogP contribution in [0.2, 0.25) is 0 Å². The van der Waals surface area contributed by atoms with E-state index in [4.69, 9.17) is 0 Å². The summed E-state index contributed by atoms with van der Waals surface area (Å²) in [6, 6.07) is 17.3. The molecule has 34 heavy (non-hydrogen) atoms. The average molecular weight is 532 g/mol. The topological polar surface area (TPSA) is 61.8 Å². The molecule has 1 N–H and O–H groups in total. The van der Waals surface area contributed by atoms with Crippen LogP contribution in [-0.4, -0.2) is 32.6 Å². The zero-order valence-corrected chi connectivity index (χ0v) is 21.8. The van der Waals surface area contributed by atoms with Crippen molar-refractivity contribution in [3.8, 4) is 0 Å². The molecule has 0 atom stereocenters. The van der Waals surface area contributed by atoms with Crippen molar-refractivity contribution in [3.05, 3.63) is 81.2 Å². The number of amidine groups is 1. The number of aliphatic imine (C=N–C) groups is 1. The molecule has 0 saturated heterocycles. The Hall–Kier alpha value is -2.99. The summed E-state index contributed by atoms with van der Waals surface area (Å²) in [6.45, 7) is 9.08. The molecule has 2 amide bonds. The number of hydrogen-bond donors (Lipinski definition) is 1. The predicted molar refractivity (Wildman–Crippen MR) is 138 cm³/mol. The molecule has 3 aliphatic heterocycles. The number of thiophene rings is 1. The van der Waals surface area contributed by atoms with Crippen molar-refractivity contribution in [2.45, 2.75) is 38.5 Å². The first-order valence-electron chi connectivity index (χ1n) is 11.1. The van der Waals surface area contributed by atoms with E-state index in [-0.39, 0.29) is 21.1 Å². The molecule has 1 aromatic heterocycles. The molecule has 0 saturated carbocycles. The number of nitrogens with one attached hydrogen (secondary N) is 1. The first-order chi connectivity index (χ1) is 16.1. The molecule has 4 heterocycles. The zero-order valence-electron chi connectivity index (χ0n) is 19.2. The summed E-state index contributed by atoms with van der Waals surface area (Å²) in [5.41, 5.74) is 7.14. The van der Waals surface area contributed by atoms with Crippen molar-refractivity contribution in [1.82, 2.24) is 5.32 Å². The van der Waals surface area contributed by atoms with Gasteiger partial charge in [0.2, 0.25) is 0 Å². The summed E-state index contributed by atoms with van der Waals surface area (Å²) >= 11 is 4.19. The number of anilines is 3. The van der Waals surface area contributed by atoms with Crippen LogP contribution in [0.1, 0.15) is 54.8 Å². The molecule has 0 fully saturated rings. The van der Waals surface area contributed by atoms with Crippen LogP contribution in [0.15, 0.2) is 59.1 Å². The van der Waals surface area contributed by atoms with E-state index in [0.29, 0.717) is 0 Å². The molecule has 7 heteroatoms. The van der Waals surface area contributed by atoms with E-state index in [1.807, 2.05) is 0 Å². The number of benzene rings is 2. The van der Waals surface area contributed by atoms with E-state index in [0.717, 1.165) is 9.88 Å². The molecule has 6 rings (SSSR count). The monoisotopic (exact) mass is 532 g/mol. The molecule has 3 aliphatic rings. The first kappa shape index (κ1) is 21.5. The maximum atomic E-state index is 12.5. The molecule has 0 aliphatic carbocycles. The Balaban J connectivity index is 1.61. The molecular weight excluding hydrogens is 509 g/mol. The second-order valence-corrected chi connectivity index (χ2v) is 11.8. The number of fused-ring (bicyclic) bond motifs is 4. The third-order valence-electron chi connectivity index (χ3n) is 7.22. The second kappa shape index (κ2) is 7.01. The maximum absolute atomic E-state index is 12.5. The van der Waals surface area contributed by atoms with Gasteiger partial charge in [-0.15, -0.1) is 0 Å². The fourth-order valence-electron chi connectivity index (χ4n) is 5.41. The molecule has 3 aromatic rings. The second-order valence-electron chi connectivity index (χ2n) is 9.91. The number of rotatable bonds is 1. The van der Waals surface area contributed by atoms with Crippen molar-refractivity contribution in [1.29, 1.82) is 0 Å². The summed E-state index contributed by atoms with van der Waals surface area (Å²) in [7, 11) is 0. The Bertz CT molecular complexity index is 1500. The zero-order chi connectivity index (χ0) is 24.0. The van der Waals surface area contributed by atoms with E-state index >= 15 is 0 Å². The van der Waals surface area contributed by atoms with Crippen molar-refractivity contribution in [2.75, 3.05) is 4.90 Å². The molecule has 0 unspecified atom stereocenters. The van der Waals surface area contributed by atoms with Gasteiger partial charge in [0.05, 0.1) is 0 Å². The third kappa shape index (κ3) is 2.81. The van der Waals surface area contributed by atoms with Gasteiger partial charge in [0.1, 0.15) is 0 Å². The summed E-state index contributed by atoms with van der Waals surface area (Å²) in [6.07, 6.45) is 1.66. The van der Waals surface area contributed by atoms with Gasteiger partial charge in [0, 0.05) is 0 Å². The van der Waals surface area contributed by atoms with Gasteiger partial charge in [0.15, 0.2) is 0 Å². The van der Waals surface area contributed by atoms with E-state index in [1.54, 1.807) is 17.4 Å². The predicted octanol–water partition coefficient (Wildman–Crippen LogP) is 5.06. The van der Waals surface area contributed by atoms with Crippen LogP contribution in [0.25, 0.3) is 6.08 Å². The fourth-order valence-corrected chi connectivity index (χ4v) is 7.06. The van der Waals surface area contributed by atoms with Gasteiger partial charge < -0.3 is 0 Å². The van der Waals surface area contributed by atoms with Crippen LogP contribution in [0.5, 0.6) is 0 Å². The summed E-state index contributed by atoms with van der Waals surface area (Å²) in [5, 5.41) is 3.71. The van der Waals surface area contributed by atoms with Crippen LogP contribution < -0.4 is 10.2 Å².